The zero-order valence-corrected chi connectivity index (χ0v) is 7.60. The standard InChI is InChI=1S/C7H11B2N3/c1-7(2,3)6-10-4(8)5(11-6)12-9/h12H,1-3H3,(H,10,11). The minimum atomic E-state index is -0.0385. The molecule has 0 fully saturated rings. The number of aromatic nitrogens is 2. The highest BCUT2D eigenvalue weighted by atomic mass is 15.0. The molecule has 1 aromatic rings. The maximum atomic E-state index is 5.59. The fraction of sp³-hybridized carbons (Fsp3) is 0.571. The number of anilines is 1. The average Bonchev–Trinajstić information content (AvgIpc) is 2.29. The van der Waals surface area contributed by atoms with E-state index in [1.54, 1.807) is 0 Å². The van der Waals surface area contributed by atoms with Crippen LogP contribution in [0, 0.1) is 0 Å². The number of hydrogen-bond acceptors (Lipinski definition) is 2. The van der Waals surface area contributed by atoms with Crippen molar-refractivity contribution in [2.45, 2.75) is 26.2 Å². The Labute approximate surface area is 75.2 Å². The van der Waals surface area contributed by atoms with E-state index in [2.05, 4.69) is 15.2 Å². The smallest absolute Gasteiger partial charge is 0.224 e. The molecular weight excluding hydrogens is 148 g/mol. The molecule has 0 aliphatic heterocycles. The van der Waals surface area contributed by atoms with Gasteiger partial charge in [-0.1, -0.05) is 20.8 Å². The monoisotopic (exact) mass is 159 g/mol. The van der Waals surface area contributed by atoms with Crippen LogP contribution in [-0.4, -0.2) is 25.8 Å². The van der Waals surface area contributed by atoms with Crippen molar-refractivity contribution in [3.05, 3.63) is 5.82 Å². The molecule has 0 amide bonds. The first-order valence-corrected chi connectivity index (χ1v) is 3.77. The number of hydrogen-bond donors (Lipinski definition) is 2. The Morgan fingerprint density at radius 3 is 2.25 bits per heavy atom. The fourth-order valence-electron chi connectivity index (χ4n) is 0.852. The summed E-state index contributed by atoms with van der Waals surface area (Å²) < 4.78 is 0. The molecule has 0 bridgehead atoms. The van der Waals surface area contributed by atoms with Gasteiger partial charge in [0.1, 0.15) is 19.5 Å². The molecule has 1 heterocycles. The second kappa shape index (κ2) is 2.88. The molecule has 0 spiro atoms. The summed E-state index contributed by atoms with van der Waals surface area (Å²) >= 11 is 0. The van der Waals surface area contributed by atoms with Crippen LogP contribution in [0.25, 0.3) is 0 Å². The largest absolute Gasteiger partial charge is 0.422 e. The number of H-pyrrole nitrogens is 1. The molecule has 0 atom stereocenters. The average molecular weight is 159 g/mol. The molecule has 0 unspecified atom stereocenters. The first-order chi connectivity index (χ1) is 5.45. The lowest BCUT2D eigenvalue weighted by Crippen LogP contribution is -2.15. The molecule has 12 heavy (non-hydrogen) atoms. The molecule has 2 N–H and O–H groups in total. The van der Waals surface area contributed by atoms with Gasteiger partial charge in [-0.2, -0.15) is 0 Å². The van der Waals surface area contributed by atoms with E-state index in [0.29, 0.717) is 11.4 Å². The van der Waals surface area contributed by atoms with E-state index in [0.717, 1.165) is 5.82 Å². The summed E-state index contributed by atoms with van der Waals surface area (Å²) in [6.45, 7) is 6.14. The third kappa shape index (κ3) is 1.65. The zero-order valence-electron chi connectivity index (χ0n) is 7.60. The molecule has 0 saturated carbocycles. The Hall–Kier alpha value is -0.860. The molecule has 0 saturated heterocycles. The van der Waals surface area contributed by atoms with Gasteiger partial charge in [0, 0.05) is 11.0 Å². The van der Waals surface area contributed by atoms with Gasteiger partial charge in [-0.05, 0) is 0 Å². The van der Waals surface area contributed by atoms with E-state index in [9.17, 15) is 0 Å². The highest BCUT2D eigenvalue weighted by Gasteiger charge is 2.18. The summed E-state index contributed by atoms with van der Waals surface area (Å²) in [7, 11) is 10.8. The fourth-order valence-corrected chi connectivity index (χ4v) is 0.852. The molecule has 3 nitrogen and oxygen atoms in total. The summed E-state index contributed by atoms with van der Waals surface area (Å²) in [5.41, 5.74) is 0.436. The van der Waals surface area contributed by atoms with E-state index in [1.165, 1.54) is 0 Å². The predicted molar refractivity (Wildman–Crippen MR) is 52.1 cm³/mol. The maximum absolute atomic E-state index is 5.59. The molecular formula is C7H11B2N3. The summed E-state index contributed by atoms with van der Waals surface area (Å²) in [6, 6.07) is 0. The van der Waals surface area contributed by atoms with Crippen molar-refractivity contribution in [2.75, 3.05) is 5.23 Å². The number of nitrogens with zero attached hydrogens (tertiary/aromatic N) is 1. The first-order valence-electron chi connectivity index (χ1n) is 3.77. The summed E-state index contributed by atoms with van der Waals surface area (Å²) in [4.78, 5) is 7.14. The second-order valence-corrected chi connectivity index (χ2v) is 3.74. The lowest BCUT2D eigenvalue weighted by Gasteiger charge is -2.13. The van der Waals surface area contributed by atoms with Gasteiger partial charge in [0.15, 0.2) is 0 Å². The van der Waals surface area contributed by atoms with Crippen LogP contribution >= 0.6 is 0 Å². The summed E-state index contributed by atoms with van der Waals surface area (Å²) in [5, 5.41) is 2.42. The first kappa shape index (κ1) is 9.23. The lowest BCUT2D eigenvalue weighted by atomic mass is 9.96. The highest BCUT2D eigenvalue weighted by molar-refractivity contribution is 6.35. The molecule has 4 radical (unpaired) electrons. The minimum absolute atomic E-state index is 0.0385. The van der Waals surface area contributed by atoms with Crippen molar-refractivity contribution in [2.24, 2.45) is 0 Å². The van der Waals surface area contributed by atoms with Crippen molar-refractivity contribution in [3.8, 4) is 0 Å². The molecule has 1 rings (SSSR count). The Kier molecular flexibility index (Phi) is 2.22. The molecule has 0 aromatic carbocycles. The number of rotatable bonds is 1. The Morgan fingerprint density at radius 1 is 1.42 bits per heavy atom. The second-order valence-electron chi connectivity index (χ2n) is 3.74. The van der Waals surface area contributed by atoms with E-state index in [4.69, 9.17) is 15.8 Å². The third-order valence-electron chi connectivity index (χ3n) is 1.58. The van der Waals surface area contributed by atoms with Gasteiger partial charge < -0.3 is 10.2 Å². The lowest BCUT2D eigenvalue weighted by molar-refractivity contribution is 0.553. The number of aromatic amines is 1. The van der Waals surface area contributed by atoms with Crippen LogP contribution in [0.1, 0.15) is 26.6 Å². The molecule has 1 aromatic heterocycles. The Balaban J connectivity index is 3.05. The van der Waals surface area contributed by atoms with Crippen molar-refractivity contribution in [1.29, 1.82) is 0 Å². The molecule has 5 heteroatoms. The van der Waals surface area contributed by atoms with Gasteiger partial charge in [0.05, 0.1) is 0 Å². The van der Waals surface area contributed by atoms with Gasteiger partial charge in [0.2, 0.25) is 7.98 Å². The van der Waals surface area contributed by atoms with Crippen LogP contribution in [0.5, 0.6) is 0 Å². The van der Waals surface area contributed by atoms with E-state index in [-0.39, 0.29) is 5.41 Å². The van der Waals surface area contributed by atoms with Gasteiger partial charge in [-0.25, -0.2) is 4.98 Å². The third-order valence-corrected chi connectivity index (χ3v) is 1.58. The van der Waals surface area contributed by atoms with Gasteiger partial charge in [-0.15, -0.1) is 0 Å². The highest BCUT2D eigenvalue weighted by Crippen LogP contribution is 2.18. The normalized spacial score (nSPS) is 11.6. The van der Waals surface area contributed by atoms with Crippen LogP contribution in [-0.2, 0) is 5.41 Å². The topological polar surface area (TPSA) is 40.7 Å². The molecule has 0 aliphatic carbocycles. The Bertz CT molecular complexity index is 275. The zero-order chi connectivity index (χ0) is 9.35. The van der Waals surface area contributed by atoms with Crippen LogP contribution in [0.3, 0.4) is 0 Å². The quantitative estimate of drug-likeness (QED) is 0.565. The maximum Gasteiger partial charge on any atom is 0.224 e. The SMILES string of the molecule is [B]Nc1nc(C(C)(C)C)[nH]c1[B]. The predicted octanol–water partition coefficient (Wildman–Crippen LogP) is -0.00360. The van der Waals surface area contributed by atoms with Gasteiger partial charge in [0.25, 0.3) is 0 Å². The summed E-state index contributed by atoms with van der Waals surface area (Å²) in [6.07, 6.45) is 0. The van der Waals surface area contributed by atoms with E-state index in [1.807, 2.05) is 20.8 Å². The van der Waals surface area contributed by atoms with E-state index >= 15 is 0 Å². The van der Waals surface area contributed by atoms with Gasteiger partial charge in [-0.3, -0.25) is 0 Å². The number of nitrogens with one attached hydrogen (secondary N) is 2. The molecule has 0 aliphatic rings. The van der Waals surface area contributed by atoms with Crippen LogP contribution in [0.2, 0.25) is 0 Å². The van der Waals surface area contributed by atoms with Gasteiger partial charge >= 0.3 is 0 Å². The van der Waals surface area contributed by atoms with Crippen molar-refractivity contribution in [3.63, 3.8) is 0 Å². The Morgan fingerprint density at radius 2 is 2.00 bits per heavy atom. The molecule has 60 valence electrons. The number of imidazole rings is 1. The van der Waals surface area contributed by atoms with Crippen LogP contribution < -0.4 is 10.8 Å². The van der Waals surface area contributed by atoms with E-state index < -0.39 is 0 Å². The van der Waals surface area contributed by atoms with Crippen molar-refractivity contribution >= 4 is 27.2 Å². The minimum Gasteiger partial charge on any atom is -0.422 e. The van der Waals surface area contributed by atoms with Crippen molar-refractivity contribution < 1.29 is 0 Å². The summed E-state index contributed by atoms with van der Waals surface area (Å²) in [5.74, 6) is 1.33. The van der Waals surface area contributed by atoms with Crippen molar-refractivity contribution in [1.82, 2.24) is 9.97 Å². The van der Waals surface area contributed by atoms with Crippen LogP contribution in [0.4, 0.5) is 5.82 Å². The van der Waals surface area contributed by atoms with Crippen LogP contribution in [0.15, 0.2) is 0 Å².